The summed E-state index contributed by atoms with van der Waals surface area (Å²) in [6.45, 7) is 13.3. The van der Waals surface area contributed by atoms with E-state index in [0.29, 0.717) is 17.7 Å². The van der Waals surface area contributed by atoms with E-state index < -0.39 is 108 Å². The molecule has 0 saturated carbocycles. The zero-order chi connectivity index (χ0) is 47.8. The highest BCUT2D eigenvalue weighted by atomic mass is 16.7. The van der Waals surface area contributed by atoms with Crippen LogP contribution in [0, 0.1) is 35.0 Å². The topological polar surface area (TPSA) is 238 Å². The summed E-state index contributed by atoms with van der Waals surface area (Å²) in [7, 11) is 3.64. The molecule has 0 unspecified atom stereocenters. The summed E-state index contributed by atoms with van der Waals surface area (Å²) in [5.74, 6) is -5.89. The second-order valence-electron chi connectivity index (χ2n) is 18.1. The number of carbonyl (C=O) groups is 5. The summed E-state index contributed by atoms with van der Waals surface area (Å²) in [6, 6.07) is 8.96. The molecule has 3 saturated heterocycles. The van der Waals surface area contributed by atoms with Gasteiger partial charge in [-0.25, -0.2) is 14.6 Å². The smallest absolute Gasteiger partial charge is 0.408 e. The van der Waals surface area contributed by atoms with Crippen LogP contribution in [-0.2, 0) is 49.2 Å². The number of nitrogens with zero attached hydrogens (tertiary/aromatic N) is 4. The number of pyridine rings is 2. The van der Waals surface area contributed by atoms with Crippen LogP contribution < -0.4 is 10.6 Å². The molecule has 5 rings (SSSR count). The molecule has 18 heteroatoms. The SMILES string of the molecule is CC[C@H]1OC(=O)[C@H](C)[C@@H](OC(=O)Cc2ccccn2)[C@H](C)[C@@H](O[C@@H]2O[C@H](C)C[C@H](N(C)C)[C@H]2O)[C@](C)(OC(=O)NC/C=C/c2ccc(C#N)nc2)C[C@@H](C)C(=O)[C@H](C)[C@H]2NC(=O)O[C@@]21C. The van der Waals surface area contributed by atoms with Crippen LogP contribution in [-0.4, -0.2) is 131 Å². The van der Waals surface area contributed by atoms with Crippen molar-refractivity contribution in [2.45, 2.75) is 141 Å². The van der Waals surface area contributed by atoms with E-state index in [1.165, 1.54) is 19.3 Å². The maximum absolute atomic E-state index is 14.7. The molecular weight excluding hydrogens is 841 g/mol. The molecular formula is C47H64N6O12. The lowest BCUT2D eigenvalue weighted by atomic mass is 9.73. The van der Waals surface area contributed by atoms with Crippen molar-refractivity contribution < 1.29 is 57.5 Å². The highest BCUT2D eigenvalue weighted by Crippen LogP contribution is 2.42. The van der Waals surface area contributed by atoms with Gasteiger partial charge in [0.05, 0.1) is 30.2 Å². The largest absolute Gasteiger partial charge is 0.461 e. The highest BCUT2D eigenvalue weighted by Gasteiger charge is 2.58. The summed E-state index contributed by atoms with van der Waals surface area (Å²) in [5.41, 5.74) is -1.94. The van der Waals surface area contributed by atoms with Crippen LogP contribution in [0.1, 0.15) is 91.6 Å². The van der Waals surface area contributed by atoms with Crippen molar-refractivity contribution in [3.8, 4) is 6.07 Å². The molecule has 65 heavy (non-hydrogen) atoms. The Bertz CT molecular complexity index is 2070. The summed E-state index contributed by atoms with van der Waals surface area (Å²) in [4.78, 5) is 80.3. The summed E-state index contributed by atoms with van der Waals surface area (Å²) in [5, 5.41) is 26.4. The Morgan fingerprint density at radius 2 is 1.82 bits per heavy atom. The molecule has 0 radical (unpaired) electrons. The number of carbonyl (C=O) groups excluding carboxylic acids is 5. The normalized spacial score (nSPS) is 34.6. The lowest BCUT2D eigenvalue weighted by Gasteiger charge is -2.48. The molecule has 0 aromatic carbocycles. The van der Waals surface area contributed by atoms with E-state index in [1.54, 1.807) is 84.0 Å². The number of cyclic esters (lactones) is 1. The molecule has 3 aliphatic heterocycles. The predicted octanol–water partition coefficient (Wildman–Crippen LogP) is 4.52. The third-order valence-corrected chi connectivity index (χ3v) is 12.9. The first-order valence-electron chi connectivity index (χ1n) is 22.2. The summed E-state index contributed by atoms with van der Waals surface area (Å²) >= 11 is 0. The standard InChI is InChI=1S/C47H64N6O12/c1-11-35-47(8)40(52-45(59)65-47)28(4)37(55)26(2)23-46(7,64-44(58)50-20-14-15-31-17-18-33(24-48)51-25-31)41(63-43-38(56)34(53(9)10)21-27(3)60-43)29(5)39(30(6)42(57)61-35)62-36(54)22-32-16-12-13-19-49-32/h12-19,25-30,34-35,38-41,43,56H,11,20-23H2,1-10H3,(H,50,58)(H,52,59)/b15-14+/t26-,27-,28+,29+,30-,34+,35-,38-,39+,40-,41-,43+,46-,47-/m1/s1. The van der Waals surface area contributed by atoms with Crippen LogP contribution >= 0.6 is 0 Å². The van der Waals surface area contributed by atoms with Gasteiger partial charge in [-0.2, -0.15) is 5.26 Å². The molecule has 3 aliphatic rings. The molecule has 14 atom stereocenters. The van der Waals surface area contributed by atoms with Crippen LogP contribution in [0.2, 0.25) is 0 Å². The van der Waals surface area contributed by atoms with E-state index in [0.717, 1.165) is 0 Å². The average Bonchev–Trinajstić information content (AvgIpc) is 3.58. The molecule has 2 aromatic heterocycles. The van der Waals surface area contributed by atoms with Crippen LogP contribution in [0.15, 0.2) is 48.8 Å². The van der Waals surface area contributed by atoms with Crippen LogP contribution in [0.25, 0.3) is 6.08 Å². The number of ether oxygens (including phenoxy) is 6. The van der Waals surface area contributed by atoms with E-state index in [4.69, 9.17) is 33.7 Å². The summed E-state index contributed by atoms with van der Waals surface area (Å²) < 4.78 is 37.8. The zero-order valence-electron chi connectivity index (χ0n) is 38.9. The third-order valence-electron chi connectivity index (χ3n) is 12.9. The van der Waals surface area contributed by atoms with Crippen molar-refractivity contribution in [2.24, 2.45) is 23.7 Å². The maximum atomic E-state index is 14.7. The molecule has 0 bridgehead atoms. The molecule has 2 amide bonds. The molecule has 2 aromatic rings. The summed E-state index contributed by atoms with van der Waals surface area (Å²) in [6.07, 6.45) is -1.71. The minimum atomic E-state index is -1.79. The van der Waals surface area contributed by atoms with E-state index in [2.05, 4.69) is 20.6 Å². The van der Waals surface area contributed by atoms with Crippen molar-refractivity contribution in [3.63, 3.8) is 0 Å². The highest BCUT2D eigenvalue weighted by molar-refractivity contribution is 5.85. The number of nitriles is 1. The number of Topliss-reactive ketones (excluding diaryl/α,β-unsaturated/α-hetero) is 1. The predicted molar refractivity (Wildman–Crippen MR) is 234 cm³/mol. The Balaban J connectivity index is 1.62. The number of likely N-dealkylation sites (N-methyl/N-ethyl adjacent to an activating group) is 1. The van der Waals surface area contributed by atoms with Crippen LogP contribution in [0.5, 0.6) is 0 Å². The van der Waals surface area contributed by atoms with Gasteiger partial charge in [0, 0.05) is 42.7 Å². The van der Waals surface area contributed by atoms with Gasteiger partial charge in [-0.15, -0.1) is 0 Å². The van der Waals surface area contributed by atoms with Crippen molar-refractivity contribution in [2.75, 3.05) is 20.6 Å². The number of nitrogens with one attached hydrogen (secondary N) is 2. The van der Waals surface area contributed by atoms with Gasteiger partial charge < -0.3 is 49.1 Å². The van der Waals surface area contributed by atoms with Gasteiger partial charge in [0.15, 0.2) is 11.9 Å². The van der Waals surface area contributed by atoms with Crippen molar-refractivity contribution in [1.29, 1.82) is 5.26 Å². The quantitative estimate of drug-likeness (QED) is 0.208. The number of amides is 2. The fraction of sp³-hybridized carbons (Fsp3) is 0.617. The average molecular weight is 905 g/mol. The van der Waals surface area contributed by atoms with E-state index in [-0.39, 0.29) is 37.3 Å². The molecule has 3 N–H and O–H groups in total. The first-order valence-corrected chi connectivity index (χ1v) is 22.2. The van der Waals surface area contributed by atoms with Gasteiger partial charge in [-0.05, 0) is 84.8 Å². The first-order chi connectivity index (χ1) is 30.7. The molecule has 0 aliphatic carbocycles. The molecule has 3 fully saturated rings. The molecule has 0 spiro atoms. The maximum Gasteiger partial charge on any atom is 0.408 e. The molecule has 18 nitrogen and oxygen atoms in total. The number of aromatic nitrogens is 2. The van der Waals surface area contributed by atoms with Crippen molar-refractivity contribution >= 4 is 36.0 Å². The minimum absolute atomic E-state index is 0.0107. The number of hydrogen-bond donors (Lipinski definition) is 3. The van der Waals surface area contributed by atoms with Crippen molar-refractivity contribution in [1.82, 2.24) is 25.5 Å². The van der Waals surface area contributed by atoms with Gasteiger partial charge in [-0.1, -0.05) is 52.0 Å². The number of alkyl carbamates (subject to hydrolysis) is 2. The van der Waals surface area contributed by atoms with Crippen LogP contribution in [0.3, 0.4) is 0 Å². The van der Waals surface area contributed by atoms with Gasteiger partial charge in [-0.3, -0.25) is 19.4 Å². The van der Waals surface area contributed by atoms with Crippen LogP contribution in [0.4, 0.5) is 9.59 Å². The number of hydrogen-bond acceptors (Lipinski definition) is 16. The van der Waals surface area contributed by atoms with Gasteiger partial charge >= 0.3 is 24.1 Å². The number of ketones is 1. The van der Waals surface area contributed by atoms with E-state index >= 15 is 0 Å². The Morgan fingerprint density at radius 3 is 2.45 bits per heavy atom. The number of esters is 2. The fourth-order valence-corrected chi connectivity index (χ4v) is 9.43. The Labute approximate surface area is 380 Å². The second kappa shape index (κ2) is 21.7. The first kappa shape index (κ1) is 50.5. The minimum Gasteiger partial charge on any atom is -0.461 e. The Morgan fingerprint density at radius 1 is 1.08 bits per heavy atom. The van der Waals surface area contributed by atoms with Crippen molar-refractivity contribution in [3.05, 3.63) is 65.8 Å². The van der Waals surface area contributed by atoms with E-state index in [1.807, 2.05) is 32.0 Å². The van der Waals surface area contributed by atoms with Gasteiger partial charge in [0.2, 0.25) is 0 Å². The molecule has 5 heterocycles. The molecule has 354 valence electrons. The fourth-order valence-electron chi connectivity index (χ4n) is 9.43. The van der Waals surface area contributed by atoms with E-state index in [9.17, 15) is 29.1 Å². The monoisotopic (exact) mass is 904 g/mol. The number of fused-ring (bicyclic) bond motifs is 1. The number of aliphatic hydroxyl groups excluding tert-OH is 1. The lowest BCUT2D eigenvalue weighted by molar-refractivity contribution is -0.298. The zero-order valence-corrected chi connectivity index (χ0v) is 38.9. The Kier molecular flexibility index (Phi) is 16.8. The second-order valence-corrected chi connectivity index (χ2v) is 18.1. The lowest BCUT2D eigenvalue weighted by Crippen LogP contribution is -2.61. The number of rotatable bonds is 11. The van der Waals surface area contributed by atoms with Gasteiger partial charge in [0.1, 0.15) is 47.6 Å². The number of aliphatic hydroxyl groups is 1. The Hall–Kier alpha value is -5.48. The van der Waals surface area contributed by atoms with Gasteiger partial charge in [0.25, 0.3) is 0 Å². The third kappa shape index (κ3) is 12.1.